The molecule has 180 valence electrons. The monoisotopic (exact) mass is 520 g/mol. The van der Waals surface area contributed by atoms with E-state index in [4.69, 9.17) is 34.8 Å². The highest BCUT2D eigenvalue weighted by Gasteiger charge is 2.59. The maximum atomic E-state index is 14.3. The molecule has 1 fully saturated rings. The van der Waals surface area contributed by atoms with Crippen molar-refractivity contribution in [2.75, 3.05) is 18.0 Å². The van der Waals surface area contributed by atoms with Gasteiger partial charge in [0.2, 0.25) is 5.91 Å². The van der Waals surface area contributed by atoms with Gasteiger partial charge in [-0.15, -0.1) is 0 Å². The van der Waals surface area contributed by atoms with Crippen molar-refractivity contribution in [3.8, 4) is 0 Å². The van der Waals surface area contributed by atoms with Crippen LogP contribution in [0.1, 0.15) is 44.7 Å². The summed E-state index contributed by atoms with van der Waals surface area (Å²) in [6.45, 7) is 6.10. The summed E-state index contributed by atoms with van der Waals surface area (Å²) in [5.41, 5.74) is -0.881. The lowest BCUT2D eigenvalue weighted by atomic mass is 9.79. The van der Waals surface area contributed by atoms with E-state index in [1.54, 1.807) is 23.1 Å². The van der Waals surface area contributed by atoms with Gasteiger partial charge < -0.3 is 10.2 Å². The molecule has 1 atom stereocenters. The minimum absolute atomic E-state index is 0.0549. The first kappa shape index (κ1) is 26.0. The highest BCUT2D eigenvalue weighted by molar-refractivity contribution is 6.34. The van der Waals surface area contributed by atoms with Crippen LogP contribution in [0.2, 0.25) is 15.1 Å². The van der Waals surface area contributed by atoms with Gasteiger partial charge in [-0.2, -0.15) is 13.2 Å². The van der Waals surface area contributed by atoms with E-state index in [1.165, 1.54) is 18.2 Å². The predicted octanol–water partition coefficient (Wildman–Crippen LogP) is 7.41. The van der Waals surface area contributed by atoms with Gasteiger partial charge in [-0.1, -0.05) is 61.6 Å². The maximum Gasteiger partial charge on any atom is 0.400 e. The zero-order chi connectivity index (χ0) is 24.6. The molecule has 1 heterocycles. The van der Waals surface area contributed by atoms with Gasteiger partial charge in [0, 0.05) is 46.8 Å². The molecule has 2 aromatic rings. The van der Waals surface area contributed by atoms with Gasteiger partial charge in [-0.25, -0.2) is 0 Å². The number of nitrogens with zero attached hydrogens (tertiary/aromatic N) is 1. The molecule has 0 aromatic heterocycles. The van der Waals surface area contributed by atoms with Gasteiger partial charge in [0.25, 0.3) is 0 Å². The number of halogens is 6. The first-order valence-electron chi connectivity index (χ1n) is 10.5. The Balaban J connectivity index is 1.79. The molecule has 0 radical (unpaired) electrons. The minimum Gasteiger partial charge on any atom is -0.370 e. The van der Waals surface area contributed by atoms with Crippen LogP contribution in [0.5, 0.6) is 0 Å². The van der Waals surface area contributed by atoms with E-state index in [2.05, 4.69) is 5.32 Å². The lowest BCUT2D eigenvalue weighted by Gasteiger charge is -2.33. The Hall–Kier alpha value is -1.63. The van der Waals surface area contributed by atoms with Crippen LogP contribution in [0.3, 0.4) is 0 Å². The number of carbonyl (C=O) groups is 1. The second kappa shape index (κ2) is 9.55. The fourth-order valence-electron chi connectivity index (χ4n) is 4.11. The van der Waals surface area contributed by atoms with Crippen molar-refractivity contribution in [3.63, 3.8) is 0 Å². The molecule has 0 aliphatic carbocycles. The first-order valence-corrected chi connectivity index (χ1v) is 11.7. The molecule has 1 aliphatic heterocycles. The number of amides is 1. The fourth-order valence-corrected chi connectivity index (χ4v) is 4.87. The van der Waals surface area contributed by atoms with Crippen LogP contribution < -0.4 is 10.2 Å². The van der Waals surface area contributed by atoms with Crippen LogP contribution in [0, 0.1) is 5.41 Å². The number of anilines is 1. The van der Waals surface area contributed by atoms with Crippen LogP contribution >= 0.6 is 34.8 Å². The smallest absolute Gasteiger partial charge is 0.370 e. The van der Waals surface area contributed by atoms with E-state index < -0.39 is 11.6 Å². The van der Waals surface area contributed by atoms with Gasteiger partial charge in [0.15, 0.2) is 0 Å². The molecule has 1 amide bonds. The van der Waals surface area contributed by atoms with Gasteiger partial charge in [-0.3, -0.25) is 4.79 Å². The number of nitrogens with one attached hydrogen (secondary N) is 1. The van der Waals surface area contributed by atoms with Crippen molar-refractivity contribution in [2.24, 2.45) is 5.41 Å². The zero-order valence-corrected chi connectivity index (χ0v) is 20.9. The maximum absolute atomic E-state index is 14.3. The van der Waals surface area contributed by atoms with Crippen molar-refractivity contribution in [1.82, 2.24) is 5.32 Å². The van der Waals surface area contributed by atoms with Crippen LogP contribution in [0.15, 0.2) is 36.4 Å². The molecule has 9 heteroatoms. The number of hydrogen-bond donors (Lipinski definition) is 1. The average Bonchev–Trinajstić information content (AvgIpc) is 3.12. The number of alkyl halides is 3. The Morgan fingerprint density at radius 2 is 1.70 bits per heavy atom. The summed E-state index contributed by atoms with van der Waals surface area (Å²) in [4.78, 5) is 13.7. The van der Waals surface area contributed by atoms with Gasteiger partial charge >= 0.3 is 6.18 Å². The molecule has 0 saturated carbocycles. The van der Waals surface area contributed by atoms with Crippen LogP contribution in [-0.2, 0) is 16.8 Å². The predicted molar refractivity (Wildman–Crippen MR) is 128 cm³/mol. The molecule has 3 rings (SSSR count). The standard InChI is InChI=1S/C24H26Cl3F3N2O/c1-22(2,3)12-21(33)31-13-15-4-5-19(11-20(15)27)32-7-6-23(14-32,24(28,29)30)16-8-17(25)10-18(26)9-16/h4-5,8-11H,6-7,12-14H2,1-3H3,(H,31,33). The van der Waals surface area contributed by atoms with Crippen LogP contribution in [0.25, 0.3) is 0 Å². The quantitative estimate of drug-likeness (QED) is 0.444. The van der Waals surface area contributed by atoms with E-state index in [-0.39, 0.29) is 53.0 Å². The van der Waals surface area contributed by atoms with Gasteiger partial charge in [-0.05, 0) is 53.3 Å². The summed E-state index contributed by atoms with van der Waals surface area (Å²) >= 11 is 18.4. The second-order valence-electron chi connectivity index (χ2n) is 9.70. The van der Waals surface area contributed by atoms with Crippen molar-refractivity contribution >= 4 is 46.4 Å². The van der Waals surface area contributed by atoms with Crippen LogP contribution in [0.4, 0.5) is 18.9 Å². The van der Waals surface area contributed by atoms with E-state index in [0.717, 1.165) is 0 Å². The van der Waals surface area contributed by atoms with Crippen molar-refractivity contribution in [3.05, 3.63) is 62.6 Å². The second-order valence-corrected chi connectivity index (χ2v) is 11.0. The van der Waals surface area contributed by atoms with Gasteiger partial charge in [0.1, 0.15) is 5.41 Å². The molecule has 0 spiro atoms. The van der Waals surface area contributed by atoms with E-state index in [0.29, 0.717) is 22.7 Å². The molecule has 3 nitrogen and oxygen atoms in total. The number of benzene rings is 2. The average molecular weight is 522 g/mol. The van der Waals surface area contributed by atoms with E-state index >= 15 is 0 Å². The summed E-state index contributed by atoms with van der Waals surface area (Å²) in [5, 5.41) is 3.56. The van der Waals surface area contributed by atoms with E-state index in [9.17, 15) is 18.0 Å². The minimum atomic E-state index is -4.49. The highest BCUT2D eigenvalue weighted by Crippen LogP contribution is 2.49. The van der Waals surface area contributed by atoms with Crippen molar-refractivity contribution in [1.29, 1.82) is 0 Å². The first-order chi connectivity index (χ1) is 15.2. The number of hydrogen-bond acceptors (Lipinski definition) is 2. The zero-order valence-electron chi connectivity index (χ0n) is 18.6. The van der Waals surface area contributed by atoms with Crippen LogP contribution in [-0.4, -0.2) is 25.2 Å². The summed E-state index contributed by atoms with van der Waals surface area (Å²) in [6.07, 6.45) is -4.24. The lowest BCUT2D eigenvalue weighted by molar-refractivity contribution is -0.184. The number of carbonyl (C=O) groups excluding carboxylic acids is 1. The van der Waals surface area contributed by atoms with E-state index in [1.807, 2.05) is 20.8 Å². The molecule has 0 bridgehead atoms. The Morgan fingerprint density at radius 3 is 2.24 bits per heavy atom. The Labute approximate surface area is 207 Å². The molecule has 1 N–H and O–H groups in total. The Kier molecular flexibility index (Phi) is 7.52. The summed E-state index contributed by atoms with van der Waals surface area (Å²) in [6, 6.07) is 9.20. The van der Waals surface area contributed by atoms with Gasteiger partial charge in [0.05, 0.1) is 0 Å². The third-order valence-corrected chi connectivity index (χ3v) is 6.58. The summed E-state index contributed by atoms with van der Waals surface area (Å²) in [5.74, 6) is -0.0858. The molecule has 1 unspecified atom stereocenters. The van der Waals surface area contributed by atoms with Crippen molar-refractivity contribution in [2.45, 2.75) is 51.7 Å². The third-order valence-electron chi connectivity index (χ3n) is 5.80. The normalized spacial score (nSPS) is 19.1. The summed E-state index contributed by atoms with van der Waals surface area (Å²) in [7, 11) is 0. The molecule has 33 heavy (non-hydrogen) atoms. The van der Waals surface area contributed by atoms with Crippen molar-refractivity contribution < 1.29 is 18.0 Å². The third kappa shape index (κ3) is 6.09. The molecular weight excluding hydrogens is 496 g/mol. The SMILES string of the molecule is CC(C)(C)CC(=O)NCc1ccc(N2CCC(c3cc(Cl)cc(Cl)c3)(C(F)(F)F)C2)cc1Cl. The number of rotatable bonds is 5. The Morgan fingerprint density at radius 1 is 1.06 bits per heavy atom. The summed E-state index contributed by atoms with van der Waals surface area (Å²) < 4.78 is 42.9. The highest BCUT2D eigenvalue weighted by atomic mass is 35.5. The lowest BCUT2D eigenvalue weighted by Crippen LogP contribution is -2.44. The Bertz CT molecular complexity index is 1020. The largest absolute Gasteiger partial charge is 0.400 e. The molecule has 2 aromatic carbocycles. The fraction of sp³-hybridized carbons (Fsp3) is 0.458. The molecular formula is C24H26Cl3F3N2O. The topological polar surface area (TPSA) is 32.3 Å². The molecule has 1 saturated heterocycles. The molecule has 1 aliphatic rings.